The Labute approximate surface area is 114 Å². The number of hydrogen-bond donors (Lipinski definition) is 0. The number of nitriles is 1. The van der Waals surface area contributed by atoms with Gasteiger partial charge in [-0.25, -0.2) is 0 Å². The van der Waals surface area contributed by atoms with Crippen LogP contribution in [0.3, 0.4) is 0 Å². The molecule has 0 fully saturated rings. The highest BCUT2D eigenvalue weighted by Crippen LogP contribution is 2.10. The summed E-state index contributed by atoms with van der Waals surface area (Å²) in [6.45, 7) is 7.27. The molecule has 0 aromatic carbocycles. The highest BCUT2D eigenvalue weighted by atomic mass is 16.2. The Morgan fingerprint density at radius 2 is 2.26 bits per heavy atom. The van der Waals surface area contributed by atoms with Crippen molar-refractivity contribution < 1.29 is 4.79 Å². The molecule has 1 heterocycles. The van der Waals surface area contributed by atoms with E-state index in [1.165, 1.54) is 0 Å². The third-order valence-electron chi connectivity index (χ3n) is 2.88. The van der Waals surface area contributed by atoms with Crippen LogP contribution in [0.2, 0.25) is 0 Å². The van der Waals surface area contributed by atoms with Gasteiger partial charge in [0.05, 0.1) is 18.2 Å². The fraction of sp³-hybridized carbons (Fsp3) is 0.643. The molecule has 0 unspecified atom stereocenters. The highest BCUT2D eigenvalue weighted by molar-refractivity contribution is 5.92. The van der Waals surface area contributed by atoms with Crippen LogP contribution < -0.4 is 0 Å². The minimum Gasteiger partial charge on any atom is -0.336 e. The molecule has 1 aromatic heterocycles. The van der Waals surface area contributed by atoms with Gasteiger partial charge in [0.2, 0.25) is 0 Å². The first-order valence-corrected chi connectivity index (χ1v) is 6.68. The lowest BCUT2D eigenvalue weighted by atomic mass is 10.2. The van der Waals surface area contributed by atoms with Gasteiger partial charge in [-0.1, -0.05) is 20.8 Å². The molecular formula is C14H22N4O. The van der Waals surface area contributed by atoms with Crippen molar-refractivity contribution in [3.05, 3.63) is 17.5 Å². The first kappa shape index (κ1) is 15.2. The number of hydrogen-bond acceptors (Lipinski definition) is 3. The number of amides is 1. The smallest absolute Gasteiger partial charge is 0.272 e. The molecule has 0 radical (unpaired) electrons. The maximum Gasteiger partial charge on any atom is 0.272 e. The van der Waals surface area contributed by atoms with Crippen molar-refractivity contribution in [3.63, 3.8) is 0 Å². The summed E-state index contributed by atoms with van der Waals surface area (Å²) in [7, 11) is 1.78. The SMILES string of the molecule is CCc1cc(C(=O)N(CCC#N)CC(C)C)n(C)n1. The summed E-state index contributed by atoms with van der Waals surface area (Å²) in [5.41, 5.74) is 1.51. The third kappa shape index (κ3) is 4.09. The number of carbonyl (C=O) groups is 1. The molecule has 0 bridgehead atoms. The normalized spacial score (nSPS) is 10.5. The second-order valence-electron chi connectivity index (χ2n) is 5.05. The van der Waals surface area contributed by atoms with Crippen LogP contribution in [0.25, 0.3) is 0 Å². The van der Waals surface area contributed by atoms with Crippen molar-refractivity contribution in [1.29, 1.82) is 5.26 Å². The number of carbonyl (C=O) groups excluding carboxylic acids is 1. The maximum atomic E-state index is 12.5. The van der Waals surface area contributed by atoms with Gasteiger partial charge in [-0.05, 0) is 18.4 Å². The topological polar surface area (TPSA) is 61.9 Å². The number of nitrogens with zero attached hydrogens (tertiary/aromatic N) is 4. The lowest BCUT2D eigenvalue weighted by molar-refractivity contribution is 0.0729. The van der Waals surface area contributed by atoms with Crippen molar-refractivity contribution in [2.24, 2.45) is 13.0 Å². The summed E-state index contributed by atoms with van der Waals surface area (Å²) in [5, 5.41) is 13.0. The molecule has 0 aliphatic heterocycles. The molecule has 0 N–H and O–H groups in total. The molecule has 0 atom stereocenters. The zero-order valence-electron chi connectivity index (χ0n) is 12.2. The lowest BCUT2D eigenvalue weighted by Gasteiger charge is -2.23. The fourth-order valence-corrected chi connectivity index (χ4v) is 1.96. The summed E-state index contributed by atoms with van der Waals surface area (Å²) in [6.07, 6.45) is 1.17. The van der Waals surface area contributed by atoms with Crippen LogP contribution in [0.4, 0.5) is 0 Å². The Hall–Kier alpha value is -1.83. The Kier molecular flexibility index (Phi) is 5.56. The summed E-state index contributed by atoms with van der Waals surface area (Å²) in [6, 6.07) is 3.93. The zero-order chi connectivity index (χ0) is 14.4. The minimum atomic E-state index is -0.0429. The molecule has 19 heavy (non-hydrogen) atoms. The summed E-state index contributed by atoms with van der Waals surface area (Å²) in [5.74, 6) is 0.333. The quantitative estimate of drug-likeness (QED) is 0.787. The molecule has 0 saturated heterocycles. The van der Waals surface area contributed by atoms with E-state index in [1.54, 1.807) is 16.6 Å². The fourth-order valence-electron chi connectivity index (χ4n) is 1.96. The van der Waals surface area contributed by atoms with E-state index >= 15 is 0 Å². The van der Waals surface area contributed by atoms with Gasteiger partial charge in [0.15, 0.2) is 0 Å². The Bertz CT molecular complexity index is 470. The molecule has 104 valence electrons. The van der Waals surface area contributed by atoms with Crippen LogP contribution in [0.5, 0.6) is 0 Å². The molecule has 1 rings (SSSR count). The van der Waals surface area contributed by atoms with E-state index in [2.05, 4.69) is 25.0 Å². The van der Waals surface area contributed by atoms with Crippen molar-refractivity contribution in [3.8, 4) is 6.07 Å². The first-order chi connectivity index (χ1) is 8.99. The van der Waals surface area contributed by atoms with Gasteiger partial charge in [-0.3, -0.25) is 9.48 Å². The molecular weight excluding hydrogens is 240 g/mol. The predicted molar refractivity (Wildman–Crippen MR) is 73.6 cm³/mol. The monoisotopic (exact) mass is 262 g/mol. The molecule has 1 amide bonds. The summed E-state index contributed by atoms with van der Waals surface area (Å²) >= 11 is 0. The minimum absolute atomic E-state index is 0.0429. The van der Waals surface area contributed by atoms with Gasteiger partial charge in [0.25, 0.3) is 5.91 Å². The molecule has 5 nitrogen and oxygen atoms in total. The number of aromatic nitrogens is 2. The van der Waals surface area contributed by atoms with E-state index in [9.17, 15) is 4.79 Å². The second kappa shape index (κ2) is 6.93. The van der Waals surface area contributed by atoms with Crippen LogP contribution in [-0.2, 0) is 13.5 Å². The van der Waals surface area contributed by atoms with E-state index in [0.717, 1.165) is 12.1 Å². The number of aryl methyl sites for hydroxylation is 2. The van der Waals surface area contributed by atoms with Crippen molar-refractivity contribution in [1.82, 2.24) is 14.7 Å². The Morgan fingerprint density at radius 3 is 2.74 bits per heavy atom. The average molecular weight is 262 g/mol. The molecule has 1 aromatic rings. The second-order valence-corrected chi connectivity index (χ2v) is 5.05. The highest BCUT2D eigenvalue weighted by Gasteiger charge is 2.20. The van der Waals surface area contributed by atoms with Crippen LogP contribution in [0.1, 0.15) is 43.4 Å². The van der Waals surface area contributed by atoms with E-state index < -0.39 is 0 Å². The predicted octanol–water partition coefficient (Wildman–Crippen LogP) is 1.99. The third-order valence-corrected chi connectivity index (χ3v) is 2.88. The average Bonchev–Trinajstić information content (AvgIpc) is 2.74. The Balaban J connectivity index is 2.91. The van der Waals surface area contributed by atoms with Crippen LogP contribution >= 0.6 is 0 Å². The molecule has 0 aliphatic rings. The molecule has 5 heteroatoms. The zero-order valence-corrected chi connectivity index (χ0v) is 12.2. The van der Waals surface area contributed by atoms with E-state index in [0.29, 0.717) is 31.1 Å². The van der Waals surface area contributed by atoms with Gasteiger partial charge in [-0.2, -0.15) is 10.4 Å². The maximum absolute atomic E-state index is 12.5. The first-order valence-electron chi connectivity index (χ1n) is 6.68. The van der Waals surface area contributed by atoms with Gasteiger partial charge in [-0.15, -0.1) is 0 Å². The van der Waals surface area contributed by atoms with Crippen molar-refractivity contribution in [2.75, 3.05) is 13.1 Å². The van der Waals surface area contributed by atoms with Crippen LogP contribution in [0.15, 0.2) is 6.07 Å². The lowest BCUT2D eigenvalue weighted by Crippen LogP contribution is -2.36. The van der Waals surface area contributed by atoms with Crippen molar-refractivity contribution >= 4 is 5.91 Å². The summed E-state index contributed by atoms with van der Waals surface area (Å²) < 4.78 is 1.63. The van der Waals surface area contributed by atoms with Gasteiger partial charge >= 0.3 is 0 Å². The van der Waals surface area contributed by atoms with Gasteiger partial charge in [0.1, 0.15) is 5.69 Å². The van der Waals surface area contributed by atoms with E-state index in [-0.39, 0.29) is 5.91 Å². The molecule has 0 spiro atoms. The standard InChI is InChI=1S/C14H22N4O/c1-5-12-9-13(17(4)16-12)14(19)18(8-6-7-15)10-11(2)3/h9,11H,5-6,8,10H2,1-4H3. The number of rotatable bonds is 6. The molecule has 0 saturated carbocycles. The van der Waals surface area contributed by atoms with Crippen molar-refractivity contribution in [2.45, 2.75) is 33.6 Å². The van der Waals surface area contributed by atoms with Crippen LogP contribution in [0, 0.1) is 17.2 Å². The Morgan fingerprint density at radius 1 is 1.58 bits per heavy atom. The summed E-state index contributed by atoms with van der Waals surface area (Å²) in [4.78, 5) is 14.2. The largest absolute Gasteiger partial charge is 0.336 e. The van der Waals surface area contributed by atoms with E-state index in [4.69, 9.17) is 5.26 Å². The van der Waals surface area contributed by atoms with Gasteiger partial charge < -0.3 is 4.90 Å². The van der Waals surface area contributed by atoms with Gasteiger partial charge in [0, 0.05) is 20.1 Å². The van der Waals surface area contributed by atoms with Crippen LogP contribution in [-0.4, -0.2) is 33.7 Å². The van der Waals surface area contributed by atoms with E-state index in [1.807, 2.05) is 13.0 Å². The molecule has 0 aliphatic carbocycles.